The number of rotatable bonds is 7. The van der Waals surface area contributed by atoms with Gasteiger partial charge in [0.2, 0.25) is 5.91 Å². The molecule has 170 valence electrons. The van der Waals surface area contributed by atoms with E-state index in [1.54, 1.807) is 17.9 Å². The minimum absolute atomic E-state index is 0.0749. The van der Waals surface area contributed by atoms with Crippen molar-refractivity contribution < 1.29 is 4.79 Å². The second-order valence-corrected chi connectivity index (χ2v) is 8.24. The number of nitrogens with zero attached hydrogens (tertiary/aromatic N) is 4. The molecule has 0 radical (unpaired) electrons. The van der Waals surface area contributed by atoms with E-state index >= 15 is 0 Å². The van der Waals surface area contributed by atoms with Gasteiger partial charge >= 0.3 is 5.69 Å². The van der Waals surface area contributed by atoms with Gasteiger partial charge in [0.15, 0.2) is 11.2 Å². The van der Waals surface area contributed by atoms with Gasteiger partial charge in [-0.05, 0) is 24.5 Å². The van der Waals surface area contributed by atoms with E-state index in [1.807, 2.05) is 61.5 Å². The van der Waals surface area contributed by atoms with E-state index < -0.39 is 11.2 Å². The lowest BCUT2D eigenvalue weighted by Crippen LogP contribution is -2.37. The number of amides is 1. The number of fused-ring (bicyclic) bond motifs is 1. The third-order valence-corrected chi connectivity index (χ3v) is 5.87. The molecule has 33 heavy (non-hydrogen) atoms. The zero-order valence-corrected chi connectivity index (χ0v) is 19.0. The number of imidazole rings is 1. The lowest BCUT2D eigenvalue weighted by Gasteiger charge is -2.20. The highest BCUT2D eigenvalue weighted by atomic mass is 16.2. The van der Waals surface area contributed by atoms with Gasteiger partial charge in [-0.3, -0.25) is 18.7 Å². The smallest absolute Gasteiger partial charge is 0.332 e. The Balaban J connectivity index is 1.48. The van der Waals surface area contributed by atoms with Crippen molar-refractivity contribution in [2.24, 2.45) is 14.1 Å². The predicted octanol–water partition coefficient (Wildman–Crippen LogP) is 2.43. The highest BCUT2D eigenvalue weighted by molar-refractivity contribution is 5.77. The maximum Gasteiger partial charge on any atom is 0.332 e. The molecule has 4 aromatic rings. The van der Waals surface area contributed by atoms with E-state index in [0.717, 1.165) is 21.3 Å². The quantitative estimate of drug-likeness (QED) is 0.473. The van der Waals surface area contributed by atoms with Crippen LogP contribution in [0.25, 0.3) is 11.2 Å². The Morgan fingerprint density at radius 2 is 1.64 bits per heavy atom. The largest absolute Gasteiger partial charge is 0.345 e. The van der Waals surface area contributed by atoms with Crippen LogP contribution in [0, 0.1) is 6.92 Å². The molecular formula is C25H27N5O3. The molecule has 8 heteroatoms. The molecule has 1 amide bonds. The highest BCUT2D eigenvalue weighted by Gasteiger charge is 2.18. The van der Waals surface area contributed by atoms with E-state index in [1.165, 1.54) is 11.6 Å². The van der Waals surface area contributed by atoms with Crippen molar-refractivity contribution in [3.8, 4) is 0 Å². The molecule has 1 atom stereocenters. The van der Waals surface area contributed by atoms with Gasteiger partial charge in [-0.1, -0.05) is 60.2 Å². The summed E-state index contributed by atoms with van der Waals surface area (Å²) in [4.78, 5) is 41.7. The van der Waals surface area contributed by atoms with Crippen LogP contribution < -0.4 is 16.6 Å². The number of carbonyl (C=O) groups excluding carboxylic acids is 1. The molecule has 2 aromatic heterocycles. The van der Waals surface area contributed by atoms with Crippen LogP contribution in [0.5, 0.6) is 0 Å². The lowest BCUT2D eigenvalue weighted by atomic mass is 9.97. The number of carbonyl (C=O) groups is 1. The Morgan fingerprint density at radius 3 is 2.33 bits per heavy atom. The SMILES string of the molecule is Cc1ccc(C(NC(=O)CCCn2cnc3c2c(=O)n(C)c(=O)n3C)c2ccccc2)cc1. The Hall–Kier alpha value is -3.94. The minimum atomic E-state index is -0.416. The first-order valence-corrected chi connectivity index (χ1v) is 10.9. The molecule has 1 unspecified atom stereocenters. The van der Waals surface area contributed by atoms with Crippen molar-refractivity contribution in [3.05, 3.63) is 98.5 Å². The molecular weight excluding hydrogens is 418 g/mol. The van der Waals surface area contributed by atoms with Crippen LogP contribution in [0.1, 0.15) is 35.6 Å². The molecule has 0 aliphatic carbocycles. The van der Waals surface area contributed by atoms with Crippen molar-refractivity contribution in [2.45, 2.75) is 32.4 Å². The van der Waals surface area contributed by atoms with Crippen molar-refractivity contribution >= 4 is 17.1 Å². The Kier molecular flexibility index (Phi) is 6.26. The van der Waals surface area contributed by atoms with E-state index in [-0.39, 0.29) is 11.9 Å². The molecule has 1 N–H and O–H groups in total. The topological polar surface area (TPSA) is 90.9 Å². The molecule has 0 aliphatic heterocycles. The van der Waals surface area contributed by atoms with Crippen LogP contribution in [0.4, 0.5) is 0 Å². The van der Waals surface area contributed by atoms with E-state index in [2.05, 4.69) is 10.3 Å². The van der Waals surface area contributed by atoms with Gasteiger partial charge in [-0.15, -0.1) is 0 Å². The summed E-state index contributed by atoms with van der Waals surface area (Å²) in [5.41, 5.74) is 3.09. The van der Waals surface area contributed by atoms with Crippen LogP contribution in [-0.2, 0) is 25.4 Å². The molecule has 2 heterocycles. The lowest BCUT2D eigenvalue weighted by molar-refractivity contribution is -0.121. The molecule has 0 aliphatic rings. The molecule has 4 rings (SSSR count). The molecule has 0 bridgehead atoms. The molecule has 8 nitrogen and oxygen atoms in total. The molecule has 0 spiro atoms. The first-order chi connectivity index (χ1) is 15.9. The second-order valence-electron chi connectivity index (χ2n) is 8.24. The molecule has 2 aromatic carbocycles. The number of benzene rings is 2. The Bertz CT molecular complexity index is 1400. The van der Waals surface area contributed by atoms with Gasteiger partial charge < -0.3 is 9.88 Å². The molecule has 0 fully saturated rings. The van der Waals surface area contributed by atoms with E-state index in [4.69, 9.17) is 0 Å². The molecule has 0 saturated heterocycles. The third-order valence-electron chi connectivity index (χ3n) is 5.87. The van der Waals surface area contributed by atoms with Crippen LogP contribution in [0.3, 0.4) is 0 Å². The Labute approximate surface area is 191 Å². The van der Waals surface area contributed by atoms with Gasteiger partial charge in [-0.2, -0.15) is 0 Å². The van der Waals surface area contributed by atoms with Gasteiger partial charge in [-0.25, -0.2) is 9.78 Å². The second kappa shape index (κ2) is 9.28. The van der Waals surface area contributed by atoms with Crippen molar-refractivity contribution in [3.63, 3.8) is 0 Å². The molecule has 0 saturated carbocycles. The van der Waals surface area contributed by atoms with Gasteiger partial charge in [0, 0.05) is 27.1 Å². The van der Waals surface area contributed by atoms with Crippen LogP contribution in [-0.4, -0.2) is 24.6 Å². The van der Waals surface area contributed by atoms with Gasteiger partial charge in [0.05, 0.1) is 12.4 Å². The fourth-order valence-corrected chi connectivity index (χ4v) is 3.97. The number of aromatic nitrogens is 4. The average Bonchev–Trinajstić information content (AvgIpc) is 3.25. The summed E-state index contributed by atoms with van der Waals surface area (Å²) in [6, 6.07) is 17.8. The van der Waals surface area contributed by atoms with Crippen molar-refractivity contribution in [1.29, 1.82) is 0 Å². The number of hydrogen-bond acceptors (Lipinski definition) is 4. The van der Waals surface area contributed by atoms with E-state index in [9.17, 15) is 14.4 Å². The fraction of sp³-hybridized carbons (Fsp3) is 0.280. The van der Waals surface area contributed by atoms with Crippen LogP contribution in [0.2, 0.25) is 0 Å². The number of hydrogen-bond donors (Lipinski definition) is 1. The third kappa shape index (κ3) is 4.50. The predicted molar refractivity (Wildman–Crippen MR) is 127 cm³/mol. The van der Waals surface area contributed by atoms with Gasteiger partial charge in [0.25, 0.3) is 5.56 Å². The first-order valence-electron chi connectivity index (χ1n) is 10.9. The average molecular weight is 446 g/mol. The van der Waals surface area contributed by atoms with Crippen LogP contribution in [0.15, 0.2) is 70.5 Å². The number of nitrogens with one attached hydrogen (secondary N) is 1. The monoisotopic (exact) mass is 445 g/mol. The summed E-state index contributed by atoms with van der Waals surface area (Å²) >= 11 is 0. The normalized spacial score (nSPS) is 12.1. The summed E-state index contributed by atoms with van der Waals surface area (Å²) in [5.74, 6) is -0.0749. The van der Waals surface area contributed by atoms with E-state index in [0.29, 0.717) is 30.6 Å². The Morgan fingerprint density at radius 1 is 0.970 bits per heavy atom. The van der Waals surface area contributed by atoms with Crippen LogP contribution >= 0.6 is 0 Å². The summed E-state index contributed by atoms with van der Waals surface area (Å²) in [6.07, 6.45) is 2.36. The van der Waals surface area contributed by atoms with Gasteiger partial charge in [0.1, 0.15) is 0 Å². The summed E-state index contributed by atoms with van der Waals surface area (Å²) in [7, 11) is 3.04. The summed E-state index contributed by atoms with van der Waals surface area (Å²) in [6.45, 7) is 2.47. The standard InChI is InChI=1S/C25H27N5O3/c1-17-11-13-19(14-12-17)21(18-8-5-4-6-9-18)27-20(31)10-7-15-30-16-26-23-22(30)24(32)29(3)25(33)28(23)2/h4-6,8-9,11-14,16,21H,7,10,15H2,1-3H3,(H,27,31). The summed E-state index contributed by atoms with van der Waals surface area (Å²) < 4.78 is 4.13. The minimum Gasteiger partial charge on any atom is -0.345 e. The maximum atomic E-state index is 12.8. The van der Waals surface area contributed by atoms with Crippen molar-refractivity contribution in [1.82, 2.24) is 24.0 Å². The van der Waals surface area contributed by atoms with Crippen molar-refractivity contribution in [2.75, 3.05) is 0 Å². The highest BCUT2D eigenvalue weighted by Crippen LogP contribution is 2.22. The zero-order chi connectivity index (χ0) is 23.5. The maximum absolute atomic E-state index is 12.8. The zero-order valence-electron chi connectivity index (χ0n) is 19.0. The number of aryl methyl sites for hydroxylation is 3. The first kappa shape index (κ1) is 22.3. The summed E-state index contributed by atoms with van der Waals surface area (Å²) in [5, 5.41) is 3.15. The fourth-order valence-electron chi connectivity index (χ4n) is 3.97.